The van der Waals surface area contributed by atoms with Gasteiger partial charge < -0.3 is 10.1 Å². The van der Waals surface area contributed by atoms with Crippen LogP contribution in [0.5, 0.6) is 0 Å². The van der Waals surface area contributed by atoms with E-state index in [1.165, 1.54) is 6.42 Å². The molecule has 1 fully saturated rings. The number of rotatable bonds is 4. The molecule has 7 heteroatoms. The lowest BCUT2D eigenvalue weighted by Crippen LogP contribution is -2.30. The van der Waals surface area contributed by atoms with E-state index in [1.54, 1.807) is 0 Å². The number of carbonyl (C=O) groups is 1. The van der Waals surface area contributed by atoms with Crippen molar-refractivity contribution in [3.63, 3.8) is 0 Å². The number of ether oxygens (including phenoxy) is 1. The van der Waals surface area contributed by atoms with Gasteiger partial charge in [-0.2, -0.15) is 5.21 Å². The summed E-state index contributed by atoms with van der Waals surface area (Å²) in [4.78, 5) is 11.4. The predicted octanol–water partition coefficient (Wildman–Crippen LogP) is -0.111. The van der Waals surface area contributed by atoms with Crippen LogP contribution in [0.2, 0.25) is 0 Å². The van der Waals surface area contributed by atoms with Crippen LogP contribution in [0.3, 0.4) is 0 Å². The summed E-state index contributed by atoms with van der Waals surface area (Å²) in [5.74, 6) is -0.228. The third-order valence-corrected chi connectivity index (χ3v) is 2.57. The standard InChI is InChI=1S/C9H15N5O2/c15-9(8-11-13-14-12-8)10-5-4-7-3-1-2-6-16-7/h7H,1-6H2,(H,10,15)(H,11,12,13,14). The lowest BCUT2D eigenvalue weighted by atomic mass is 10.1. The summed E-state index contributed by atoms with van der Waals surface area (Å²) in [6.45, 7) is 1.42. The Labute approximate surface area is 92.9 Å². The normalized spacial score (nSPS) is 20.6. The van der Waals surface area contributed by atoms with Gasteiger partial charge in [-0.25, -0.2) is 0 Å². The van der Waals surface area contributed by atoms with Gasteiger partial charge in [-0.1, -0.05) is 0 Å². The van der Waals surface area contributed by atoms with Crippen molar-refractivity contribution in [2.45, 2.75) is 31.8 Å². The Morgan fingerprint density at radius 1 is 1.56 bits per heavy atom. The van der Waals surface area contributed by atoms with Gasteiger partial charge in [0.1, 0.15) is 0 Å². The van der Waals surface area contributed by atoms with Gasteiger partial charge in [0, 0.05) is 13.2 Å². The molecule has 1 saturated heterocycles. The number of hydrogen-bond acceptors (Lipinski definition) is 5. The molecule has 2 N–H and O–H groups in total. The summed E-state index contributed by atoms with van der Waals surface area (Å²) in [6, 6.07) is 0. The molecule has 0 bridgehead atoms. The number of aromatic amines is 1. The van der Waals surface area contributed by atoms with E-state index in [0.29, 0.717) is 6.54 Å². The van der Waals surface area contributed by atoms with Crippen LogP contribution in [0.1, 0.15) is 36.3 Å². The molecule has 7 nitrogen and oxygen atoms in total. The molecule has 1 aliphatic heterocycles. The minimum Gasteiger partial charge on any atom is -0.378 e. The van der Waals surface area contributed by atoms with E-state index in [2.05, 4.69) is 25.9 Å². The maximum atomic E-state index is 11.4. The van der Waals surface area contributed by atoms with Gasteiger partial charge >= 0.3 is 0 Å². The molecule has 2 heterocycles. The molecule has 0 spiro atoms. The first-order valence-corrected chi connectivity index (χ1v) is 5.49. The number of amides is 1. The fraction of sp³-hybridized carbons (Fsp3) is 0.778. The van der Waals surface area contributed by atoms with E-state index in [4.69, 9.17) is 4.74 Å². The number of nitrogens with one attached hydrogen (secondary N) is 2. The predicted molar refractivity (Wildman–Crippen MR) is 54.7 cm³/mol. The fourth-order valence-corrected chi connectivity index (χ4v) is 1.72. The molecular weight excluding hydrogens is 210 g/mol. The molecule has 1 atom stereocenters. The molecule has 0 aliphatic carbocycles. The van der Waals surface area contributed by atoms with Crippen molar-refractivity contribution in [2.75, 3.05) is 13.2 Å². The molecule has 1 amide bonds. The average Bonchev–Trinajstić information content (AvgIpc) is 2.84. The van der Waals surface area contributed by atoms with Crippen LogP contribution >= 0.6 is 0 Å². The highest BCUT2D eigenvalue weighted by atomic mass is 16.5. The SMILES string of the molecule is O=C(NCCC1CCCCO1)c1nn[nH]n1. The summed E-state index contributed by atoms with van der Waals surface area (Å²) in [5.41, 5.74) is 0. The maximum absolute atomic E-state index is 11.4. The number of hydrogen-bond donors (Lipinski definition) is 2. The molecule has 0 radical (unpaired) electrons. The molecule has 0 aromatic carbocycles. The van der Waals surface area contributed by atoms with Gasteiger partial charge in [0.2, 0.25) is 0 Å². The Morgan fingerprint density at radius 2 is 2.50 bits per heavy atom. The molecule has 0 saturated carbocycles. The van der Waals surface area contributed by atoms with Crippen LogP contribution in [0, 0.1) is 0 Å². The molecule has 1 aliphatic rings. The zero-order valence-corrected chi connectivity index (χ0v) is 8.98. The molecule has 16 heavy (non-hydrogen) atoms. The zero-order valence-electron chi connectivity index (χ0n) is 8.98. The minimum absolute atomic E-state index is 0.0737. The van der Waals surface area contributed by atoms with Crippen LogP contribution in [-0.4, -0.2) is 45.8 Å². The third-order valence-electron chi connectivity index (χ3n) is 2.57. The van der Waals surface area contributed by atoms with E-state index in [-0.39, 0.29) is 17.8 Å². The second-order valence-electron chi connectivity index (χ2n) is 3.77. The Bertz CT molecular complexity index is 321. The highest BCUT2D eigenvalue weighted by molar-refractivity contribution is 5.89. The van der Waals surface area contributed by atoms with Gasteiger partial charge in [0.25, 0.3) is 11.7 Å². The monoisotopic (exact) mass is 225 g/mol. The largest absolute Gasteiger partial charge is 0.378 e. The van der Waals surface area contributed by atoms with E-state index in [1.807, 2.05) is 0 Å². The van der Waals surface area contributed by atoms with Gasteiger partial charge in [-0.05, 0) is 30.9 Å². The highest BCUT2D eigenvalue weighted by Gasteiger charge is 2.15. The highest BCUT2D eigenvalue weighted by Crippen LogP contribution is 2.14. The number of H-pyrrole nitrogens is 1. The van der Waals surface area contributed by atoms with Crippen LogP contribution in [0.15, 0.2) is 0 Å². The topological polar surface area (TPSA) is 92.8 Å². The van der Waals surface area contributed by atoms with Gasteiger partial charge in [-0.15, -0.1) is 10.2 Å². The zero-order chi connectivity index (χ0) is 11.2. The van der Waals surface area contributed by atoms with Crippen LogP contribution < -0.4 is 5.32 Å². The number of aromatic nitrogens is 4. The first kappa shape index (κ1) is 11.0. The number of nitrogens with zero attached hydrogens (tertiary/aromatic N) is 3. The van der Waals surface area contributed by atoms with Gasteiger partial charge in [0.05, 0.1) is 6.10 Å². The van der Waals surface area contributed by atoms with Crippen LogP contribution in [0.25, 0.3) is 0 Å². The lowest BCUT2D eigenvalue weighted by Gasteiger charge is -2.22. The molecule has 2 rings (SSSR count). The lowest BCUT2D eigenvalue weighted by molar-refractivity contribution is 0.0117. The molecule has 1 aromatic heterocycles. The third kappa shape index (κ3) is 2.99. The number of tetrazole rings is 1. The van der Waals surface area contributed by atoms with Gasteiger partial charge in [-0.3, -0.25) is 4.79 Å². The summed E-state index contributed by atoms with van der Waals surface area (Å²) in [6.07, 6.45) is 4.55. The van der Waals surface area contributed by atoms with Crippen molar-refractivity contribution in [3.05, 3.63) is 5.82 Å². The molecule has 88 valence electrons. The Morgan fingerprint density at radius 3 is 3.19 bits per heavy atom. The second kappa shape index (κ2) is 5.55. The van der Waals surface area contributed by atoms with E-state index in [0.717, 1.165) is 25.9 Å². The second-order valence-corrected chi connectivity index (χ2v) is 3.77. The Kier molecular flexibility index (Phi) is 3.81. The van der Waals surface area contributed by atoms with E-state index >= 15 is 0 Å². The van der Waals surface area contributed by atoms with Crippen molar-refractivity contribution in [1.29, 1.82) is 0 Å². The summed E-state index contributed by atoms with van der Waals surface area (Å²) in [7, 11) is 0. The van der Waals surface area contributed by atoms with Crippen LogP contribution in [-0.2, 0) is 4.74 Å². The molecular formula is C9H15N5O2. The van der Waals surface area contributed by atoms with Gasteiger partial charge in [0.15, 0.2) is 0 Å². The summed E-state index contributed by atoms with van der Waals surface area (Å²) >= 11 is 0. The summed E-state index contributed by atoms with van der Waals surface area (Å²) < 4.78 is 5.55. The average molecular weight is 225 g/mol. The van der Waals surface area contributed by atoms with Crippen molar-refractivity contribution < 1.29 is 9.53 Å². The van der Waals surface area contributed by atoms with Crippen molar-refractivity contribution in [3.8, 4) is 0 Å². The number of carbonyl (C=O) groups excluding carboxylic acids is 1. The van der Waals surface area contributed by atoms with E-state index in [9.17, 15) is 4.79 Å². The first-order chi connectivity index (χ1) is 7.86. The van der Waals surface area contributed by atoms with E-state index < -0.39 is 0 Å². The van der Waals surface area contributed by atoms with Crippen LogP contribution in [0.4, 0.5) is 0 Å². The quantitative estimate of drug-likeness (QED) is 0.745. The smallest absolute Gasteiger partial charge is 0.292 e. The Balaban J connectivity index is 1.66. The van der Waals surface area contributed by atoms with Crippen molar-refractivity contribution in [2.24, 2.45) is 0 Å². The molecule has 1 aromatic rings. The molecule has 1 unspecified atom stereocenters. The summed E-state index contributed by atoms with van der Waals surface area (Å²) in [5, 5.41) is 15.5. The first-order valence-electron chi connectivity index (χ1n) is 5.49. The van der Waals surface area contributed by atoms with Crippen molar-refractivity contribution in [1.82, 2.24) is 25.9 Å². The maximum Gasteiger partial charge on any atom is 0.292 e. The van der Waals surface area contributed by atoms with Crippen molar-refractivity contribution >= 4 is 5.91 Å². The Hall–Kier alpha value is -1.50. The fourth-order valence-electron chi connectivity index (χ4n) is 1.72. The minimum atomic E-state index is -0.301.